The minimum Gasteiger partial charge on any atom is -0.481 e. The van der Waals surface area contributed by atoms with Gasteiger partial charge in [-0.1, -0.05) is 0 Å². The van der Waals surface area contributed by atoms with Crippen molar-refractivity contribution in [2.45, 2.75) is 6.42 Å². The third-order valence-corrected chi connectivity index (χ3v) is 3.24. The van der Waals surface area contributed by atoms with Crippen LogP contribution >= 0.6 is 11.3 Å². The van der Waals surface area contributed by atoms with Gasteiger partial charge in [0, 0.05) is 18.6 Å². The van der Waals surface area contributed by atoms with E-state index in [0.717, 1.165) is 0 Å². The number of hydrogen-bond donors (Lipinski definition) is 1. The summed E-state index contributed by atoms with van der Waals surface area (Å²) in [6.45, 7) is 0. The van der Waals surface area contributed by atoms with Crippen LogP contribution in [-0.4, -0.2) is 21.6 Å². The lowest BCUT2D eigenvalue weighted by Crippen LogP contribution is -2.14. The van der Waals surface area contributed by atoms with E-state index in [0.29, 0.717) is 11.2 Å². The molecule has 0 spiro atoms. The second kappa shape index (κ2) is 3.62. The third kappa shape index (κ3) is 1.99. The van der Waals surface area contributed by atoms with Crippen molar-refractivity contribution < 1.29 is 14.7 Å². The SMILES string of the molecule is Cn1ccsc1=NC(=O)C1CC1C(=O)O. The molecule has 2 atom stereocenters. The van der Waals surface area contributed by atoms with Crippen molar-refractivity contribution in [2.75, 3.05) is 0 Å². The molecule has 1 aliphatic rings. The van der Waals surface area contributed by atoms with E-state index in [1.807, 2.05) is 5.38 Å². The topological polar surface area (TPSA) is 71.7 Å². The second-order valence-corrected chi connectivity index (χ2v) is 4.41. The van der Waals surface area contributed by atoms with Crippen molar-refractivity contribution >= 4 is 23.2 Å². The summed E-state index contributed by atoms with van der Waals surface area (Å²) in [6, 6.07) is 0. The van der Waals surface area contributed by atoms with Gasteiger partial charge in [-0.2, -0.15) is 4.99 Å². The normalized spacial score (nSPS) is 25.3. The quantitative estimate of drug-likeness (QED) is 0.785. The minimum atomic E-state index is -0.904. The van der Waals surface area contributed by atoms with Gasteiger partial charge in [0.2, 0.25) is 0 Å². The molecule has 5 nitrogen and oxygen atoms in total. The van der Waals surface area contributed by atoms with Gasteiger partial charge >= 0.3 is 5.97 Å². The van der Waals surface area contributed by atoms with Crippen LogP contribution in [-0.2, 0) is 16.6 Å². The molecule has 0 radical (unpaired) electrons. The number of aromatic nitrogens is 1. The number of carboxylic acid groups (broad SMARTS) is 1. The molecule has 1 heterocycles. The van der Waals surface area contributed by atoms with E-state index in [1.54, 1.807) is 17.8 Å². The number of aliphatic carboxylic acids is 1. The van der Waals surface area contributed by atoms with Crippen molar-refractivity contribution in [3.63, 3.8) is 0 Å². The summed E-state index contributed by atoms with van der Waals surface area (Å²) in [5, 5.41) is 10.5. The predicted molar refractivity (Wildman–Crippen MR) is 53.1 cm³/mol. The highest BCUT2D eigenvalue weighted by Crippen LogP contribution is 2.39. The third-order valence-electron chi connectivity index (χ3n) is 2.39. The molecule has 1 fully saturated rings. The minimum absolute atomic E-state index is 0.319. The highest BCUT2D eigenvalue weighted by atomic mass is 32.1. The standard InChI is InChI=1S/C9H10N2O3S/c1-11-2-3-15-9(11)10-7(12)5-4-6(5)8(13)14/h2-3,5-6H,4H2,1H3,(H,13,14). The van der Waals surface area contributed by atoms with Crippen LogP contribution in [0.4, 0.5) is 0 Å². The number of amides is 1. The fourth-order valence-corrected chi connectivity index (χ4v) is 2.09. The Morgan fingerprint density at radius 1 is 1.60 bits per heavy atom. The number of nitrogens with zero attached hydrogens (tertiary/aromatic N) is 2. The van der Waals surface area contributed by atoms with E-state index in [1.165, 1.54) is 11.3 Å². The lowest BCUT2D eigenvalue weighted by molar-refractivity contribution is -0.139. The van der Waals surface area contributed by atoms with E-state index in [9.17, 15) is 9.59 Å². The zero-order valence-corrected chi connectivity index (χ0v) is 8.90. The Morgan fingerprint density at radius 2 is 2.33 bits per heavy atom. The highest BCUT2D eigenvalue weighted by molar-refractivity contribution is 7.07. The van der Waals surface area contributed by atoms with Gasteiger partial charge < -0.3 is 9.67 Å². The molecule has 1 N–H and O–H groups in total. The molecule has 1 aromatic heterocycles. The zero-order chi connectivity index (χ0) is 11.0. The molecular weight excluding hydrogens is 216 g/mol. The monoisotopic (exact) mass is 226 g/mol. The Hall–Kier alpha value is -1.43. The fraction of sp³-hybridized carbons (Fsp3) is 0.444. The predicted octanol–water partition coefficient (Wildman–Crippen LogP) is 0.235. The van der Waals surface area contributed by atoms with E-state index >= 15 is 0 Å². The summed E-state index contributed by atoms with van der Waals surface area (Å²) in [5.41, 5.74) is 0. The van der Waals surface area contributed by atoms with Crippen LogP contribution in [0.2, 0.25) is 0 Å². The van der Waals surface area contributed by atoms with Crippen LogP contribution in [0, 0.1) is 11.8 Å². The van der Waals surface area contributed by atoms with Crippen molar-refractivity contribution in [3.8, 4) is 0 Å². The van der Waals surface area contributed by atoms with Gasteiger partial charge in [-0.3, -0.25) is 9.59 Å². The lowest BCUT2D eigenvalue weighted by atomic mass is 10.3. The van der Waals surface area contributed by atoms with E-state index < -0.39 is 17.8 Å². The van der Waals surface area contributed by atoms with Gasteiger partial charge in [0.05, 0.1) is 11.8 Å². The summed E-state index contributed by atoms with van der Waals surface area (Å²) in [6.07, 6.45) is 2.23. The van der Waals surface area contributed by atoms with Gasteiger partial charge in [0.1, 0.15) is 0 Å². The number of carbonyl (C=O) groups is 2. The summed E-state index contributed by atoms with van der Waals surface area (Å²) in [7, 11) is 1.80. The number of carbonyl (C=O) groups excluding carboxylic acids is 1. The van der Waals surface area contributed by atoms with Gasteiger partial charge in [-0.25, -0.2) is 0 Å². The number of rotatable bonds is 2. The molecule has 1 aliphatic carbocycles. The zero-order valence-electron chi connectivity index (χ0n) is 8.08. The largest absolute Gasteiger partial charge is 0.481 e. The maximum absolute atomic E-state index is 11.5. The van der Waals surface area contributed by atoms with Gasteiger partial charge in [0.25, 0.3) is 5.91 Å². The summed E-state index contributed by atoms with van der Waals surface area (Å²) in [5.74, 6) is -2.16. The molecule has 0 aliphatic heterocycles. The molecule has 6 heteroatoms. The molecule has 0 bridgehead atoms. The van der Waals surface area contributed by atoms with Crippen molar-refractivity contribution in [1.82, 2.24) is 4.57 Å². The van der Waals surface area contributed by atoms with Crippen LogP contribution in [0.5, 0.6) is 0 Å². The fourth-order valence-electron chi connectivity index (χ4n) is 1.35. The maximum Gasteiger partial charge on any atom is 0.307 e. The van der Waals surface area contributed by atoms with Gasteiger partial charge in [-0.05, 0) is 6.42 Å². The van der Waals surface area contributed by atoms with Crippen molar-refractivity contribution in [1.29, 1.82) is 0 Å². The summed E-state index contributed by atoms with van der Waals surface area (Å²) >= 11 is 1.36. The van der Waals surface area contributed by atoms with Crippen molar-refractivity contribution in [3.05, 3.63) is 16.4 Å². The molecule has 0 saturated heterocycles. The van der Waals surface area contributed by atoms with Crippen molar-refractivity contribution in [2.24, 2.45) is 23.9 Å². The first kappa shape index (κ1) is 10.1. The Labute approximate surface area is 89.7 Å². The van der Waals surface area contributed by atoms with Crippen LogP contribution in [0.1, 0.15) is 6.42 Å². The Kier molecular flexibility index (Phi) is 2.44. The first-order valence-corrected chi connectivity index (χ1v) is 5.39. The Balaban J connectivity index is 2.13. The first-order chi connectivity index (χ1) is 7.09. The molecule has 80 valence electrons. The summed E-state index contributed by atoms with van der Waals surface area (Å²) in [4.78, 5) is 26.6. The van der Waals surface area contributed by atoms with E-state index in [4.69, 9.17) is 5.11 Å². The summed E-state index contributed by atoms with van der Waals surface area (Å²) < 4.78 is 1.74. The number of thiazole rings is 1. The smallest absolute Gasteiger partial charge is 0.307 e. The van der Waals surface area contributed by atoms with Crippen LogP contribution in [0.15, 0.2) is 16.6 Å². The molecule has 2 unspecified atom stereocenters. The first-order valence-electron chi connectivity index (χ1n) is 4.51. The number of carboxylic acids is 1. The maximum atomic E-state index is 11.5. The van der Waals surface area contributed by atoms with Crippen LogP contribution < -0.4 is 4.80 Å². The molecular formula is C9H10N2O3S. The second-order valence-electron chi connectivity index (χ2n) is 3.53. The number of hydrogen-bond acceptors (Lipinski definition) is 3. The average molecular weight is 226 g/mol. The highest BCUT2D eigenvalue weighted by Gasteiger charge is 2.48. The number of aryl methyl sites for hydroxylation is 1. The molecule has 0 aromatic carbocycles. The molecule has 1 saturated carbocycles. The molecule has 15 heavy (non-hydrogen) atoms. The molecule has 1 aromatic rings. The van der Waals surface area contributed by atoms with Crippen LogP contribution in [0.3, 0.4) is 0 Å². The average Bonchev–Trinajstić information content (AvgIpc) is 2.88. The lowest BCUT2D eigenvalue weighted by Gasteiger charge is -1.90. The van der Waals surface area contributed by atoms with E-state index in [-0.39, 0.29) is 5.91 Å². The molecule has 2 rings (SSSR count). The molecule has 1 amide bonds. The Bertz CT molecular complexity index is 474. The van der Waals surface area contributed by atoms with Gasteiger partial charge in [0.15, 0.2) is 4.80 Å². The van der Waals surface area contributed by atoms with E-state index in [2.05, 4.69) is 4.99 Å². The Morgan fingerprint density at radius 3 is 2.80 bits per heavy atom. The van der Waals surface area contributed by atoms with Crippen LogP contribution in [0.25, 0.3) is 0 Å². The van der Waals surface area contributed by atoms with Gasteiger partial charge in [-0.15, -0.1) is 11.3 Å².